The number of hydrogen-bond acceptors (Lipinski definition) is 5. The van der Waals surface area contributed by atoms with Gasteiger partial charge in [-0.25, -0.2) is 4.79 Å². The van der Waals surface area contributed by atoms with Crippen LogP contribution < -0.4 is 0 Å². The van der Waals surface area contributed by atoms with Crippen molar-refractivity contribution in [3.63, 3.8) is 0 Å². The number of esters is 1. The number of fused-ring (bicyclic) bond motifs is 1. The second-order valence-electron chi connectivity index (χ2n) is 7.89. The third-order valence-corrected chi connectivity index (χ3v) is 6.26. The van der Waals surface area contributed by atoms with Crippen molar-refractivity contribution in [1.82, 2.24) is 4.90 Å². The Morgan fingerprint density at radius 3 is 2.00 bits per heavy atom. The van der Waals surface area contributed by atoms with E-state index in [1.165, 1.54) is 12.1 Å². The second kappa shape index (κ2) is 9.79. The molecule has 34 heavy (non-hydrogen) atoms. The van der Waals surface area contributed by atoms with Gasteiger partial charge in [0.25, 0.3) is 11.8 Å². The summed E-state index contributed by atoms with van der Waals surface area (Å²) in [4.78, 5) is 52.7. The fourth-order valence-electron chi connectivity index (χ4n) is 3.71. The third kappa shape index (κ3) is 4.74. The molecule has 4 rings (SSSR count). The van der Waals surface area contributed by atoms with Crippen LogP contribution in [0.1, 0.15) is 42.2 Å². The van der Waals surface area contributed by atoms with Crippen molar-refractivity contribution >= 4 is 46.8 Å². The lowest BCUT2D eigenvalue weighted by Crippen LogP contribution is -2.47. The SMILES string of the molecule is Cc1ccc(C(=O)COC(=O)[C@@H](Cc2ccccc2)N2C(=O)c3cc(Cl)c(Cl)cc3C2=O)cc1. The zero-order chi connectivity index (χ0) is 24.4. The van der Waals surface area contributed by atoms with Gasteiger partial charge in [-0.3, -0.25) is 19.3 Å². The summed E-state index contributed by atoms with van der Waals surface area (Å²) in [5.41, 5.74) is 2.20. The lowest BCUT2D eigenvalue weighted by molar-refractivity contribution is -0.147. The highest BCUT2D eigenvalue weighted by atomic mass is 35.5. The van der Waals surface area contributed by atoms with Crippen molar-refractivity contribution in [2.24, 2.45) is 0 Å². The quantitative estimate of drug-likeness (QED) is 0.263. The van der Waals surface area contributed by atoms with Crippen LogP contribution >= 0.6 is 23.2 Å². The first kappa shape index (κ1) is 23.7. The topological polar surface area (TPSA) is 80.8 Å². The fourth-order valence-corrected chi connectivity index (χ4v) is 4.04. The summed E-state index contributed by atoms with van der Waals surface area (Å²) >= 11 is 12.1. The van der Waals surface area contributed by atoms with Crippen molar-refractivity contribution in [2.75, 3.05) is 6.61 Å². The number of amides is 2. The number of carbonyl (C=O) groups excluding carboxylic acids is 4. The van der Waals surface area contributed by atoms with Crippen molar-refractivity contribution in [3.05, 3.63) is 105 Å². The average Bonchev–Trinajstić information content (AvgIpc) is 3.06. The minimum atomic E-state index is -1.28. The molecule has 0 saturated heterocycles. The molecule has 0 aliphatic carbocycles. The van der Waals surface area contributed by atoms with E-state index in [9.17, 15) is 19.2 Å². The number of halogens is 2. The molecule has 6 nitrogen and oxygen atoms in total. The molecule has 8 heteroatoms. The molecule has 0 N–H and O–H groups in total. The van der Waals surface area contributed by atoms with Gasteiger partial charge in [-0.05, 0) is 24.6 Å². The molecule has 1 aliphatic heterocycles. The molecule has 0 aromatic heterocycles. The molecule has 0 saturated carbocycles. The summed E-state index contributed by atoms with van der Waals surface area (Å²) < 4.78 is 5.29. The van der Waals surface area contributed by atoms with E-state index in [2.05, 4.69) is 0 Å². The summed E-state index contributed by atoms with van der Waals surface area (Å²) in [7, 11) is 0. The Bertz CT molecular complexity index is 1250. The standard InChI is InChI=1S/C26H19Cl2NO5/c1-15-7-9-17(10-8-15)23(30)14-34-26(33)22(11-16-5-3-2-4-6-16)29-24(31)18-12-20(27)21(28)13-19(18)25(29)32/h2-10,12-13,22H,11,14H2,1H3/t22-/m1/s1. The minimum absolute atomic E-state index is 0.0192. The average molecular weight is 496 g/mol. The van der Waals surface area contributed by atoms with E-state index in [1.807, 2.05) is 13.0 Å². The monoisotopic (exact) mass is 495 g/mol. The summed E-state index contributed by atoms with van der Waals surface area (Å²) in [6.07, 6.45) is 0.0192. The highest BCUT2D eigenvalue weighted by molar-refractivity contribution is 6.43. The molecule has 0 spiro atoms. The molecule has 172 valence electrons. The molecule has 2 amide bonds. The van der Waals surface area contributed by atoms with Crippen molar-refractivity contribution in [1.29, 1.82) is 0 Å². The number of hydrogen-bond donors (Lipinski definition) is 0. The Morgan fingerprint density at radius 1 is 0.882 bits per heavy atom. The molecule has 1 heterocycles. The lowest BCUT2D eigenvalue weighted by Gasteiger charge is -2.24. The molecule has 0 bridgehead atoms. The number of carbonyl (C=O) groups is 4. The van der Waals surface area contributed by atoms with Crippen LogP contribution in [0.2, 0.25) is 10.0 Å². The van der Waals surface area contributed by atoms with Crippen LogP contribution in [0, 0.1) is 6.92 Å². The Kier molecular flexibility index (Phi) is 6.82. The predicted molar refractivity (Wildman–Crippen MR) is 127 cm³/mol. The second-order valence-corrected chi connectivity index (χ2v) is 8.71. The van der Waals surface area contributed by atoms with E-state index >= 15 is 0 Å². The maximum absolute atomic E-state index is 13.1. The van der Waals surface area contributed by atoms with Crippen LogP contribution in [-0.2, 0) is 16.0 Å². The van der Waals surface area contributed by atoms with E-state index in [0.29, 0.717) is 11.1 Å². The summed E-state index contributed by atoms with van der Waals surface area (Å²) in [6, 6.07) is 17.1. The zero-order valence-corrected chi connectivity index (χ0v) is 19.6. The fraction of sp³-hybridized carbons (Fsp3) is 0.154. The van der Waals surface area contributed by atoms with E-state index in [4.69, 9.17) is 27.9 Å². The van der Waals surface area contributed by atoms with E-state index in [0.717, 1.165) is 10.5 Å². The smallest absolute Gasteiger partial charge is 0.330 e. The van der Waals surface area contributed by atoms with Gasteiger partial charge < -0.3 is 4.74 Å². The van der Waals surface area contributed by atoms with Crippen molar-refractivity contribution in [3.8, 4) is 0 Å². The van der Waals surface area contributed by atoms with E-state index in [1.54, 1.807) is 48.5 Å². The molecule has 1 aliphatic rings. The molecule has 0 unspecified atom stereocenters. The number of imide groups is 1. The van der Waals surface area contributed by atoms with Gasteiger partial charge in [0.1, 0.15) is 6.04 Å². The van der Waals surface area contributed by atoms with Gasteiger partial charge in [0, 0.05) is 12.0 Å². The minimum Gasteiger partial charge on any atom is -0.456 e. The maximum atomic E-state index is 13.1. The third-order valence-electron chi connectivity index (χ3n) is 5.53. The largest absolute Gasteiger partial charge is 0.456 e. The van der Waals surface area contributed by atoms with Gasteiger partial charge in [-0.1, -0.05) is 83.4 Å². The number of Topliss-reactive ketones (excluding diaryl/α,β-unsaturated/α-hetero) is 1. The molecular formula is C26H19Cl2NO5. The first-order chi connectivity index (χ1) is 16.3. The Morgan fingerprint density at radius 2 is 1.44 bits per heavy atom. The summed E-state index contributed by atoms with van der Waals surface area (Å²) in [6.45, 7) is 1.37. The maximum Gasteiger partial charge on any atom is 0.330 e. The first-order valence-corrected chi connectivity index (χ1v) is 11.2. The van der Waals surface area contributed by atoms with Gasteiger partial charge in [0.2, 0.25) is 0 Å². The predicted octanol–water partition coefficient (Wildman–Crippen LogP) is 4.94. The van der Waals surface area contributed by atoms with Gasteiger partial charge in [0.05, 0.1) is 21.2 Å². The lowest BCUT2D eigenvalue weighted by atomic mass is 10.0. The Balaban J connectivity index is 1.60. The Labute approximate surface area is 206 Å². The molecule has 1 atom stereocenters. The molecule has 0 radical (unpaired) electrons. The normalized spacial score (nSPS) is 13.6. The van der Waals surface area contributed by atoms with Crippen LogP contribution in [0.25, 0.3) is 0 Å². The van der Waals surface area contributed by atoms with Crippen LogP contribution in [0.4, 0.5) is 0 Å². The number of ether oxygens (including phenoxy) is 1. The summed E-state index contributed by atoms with van der Waals surface area (Å²) in [5, 5.41) is 0.239. The van der Waals surface area contributed by atoms with Crippen LogP contribution in [-0.4, -0.2) is 41.1 Å². The molecule has 3 aromatic rings. The molecule has 0 fully saturated rings. The van der Waals surface area contributed by atoms with Crippen molar-refractivity contribution < 1.29 is 23.9 Å². The van der Waals surface area contributed by atoms with Gasteiger partial charge in [0.15, 0.2) is 12.4 Å². The number of benzene rings is 3. The molecule has 3 aromatic carbocycles. The van der Waals surface area contributed by atoms with Crippen LogP contribution in [0.3, 0.4) is 0 Å². The van der Waals surface area contributed by atoms with Crippen molar-refractivity contribution in [2.45, 2.75) is 19.4 Å². The van der Waals surface area contributed by atoms with Crippen LogP contribution in [0.5, 0.6) is 0 Å². The van der Waals surface area contributed by atoms with Gasteiger partial charge in [-0.15, -0.1) is 0 Å². The van der Waals surface area contributed by atoms with Gasteiger partial charge in [-0.2, -0.15) is 0 Å². The van der Waals surface area contributed by atoms with Gasteiger partial charge >= 0.3 is 5.97 Å². The zero-order valence-electron chi connectivity index (χ0n) is 18.1. The number of aryl methyl sites for hydroxylation is 1. The highest BCUT2D eigenvalue weighted by Crippen LogP contribution is 2.33. The van der Waals surface area contributed by atoms with E-state index < -0.39 is 36.2 Å². The molecular weight excluding hydrogens is 477 g/mol. The number of rotatable bonds is 7. The van der Waals surface area contributed by atoms with Crippen LogP contribution in [0.15, 0.2) is 66.7 Å². The highest BCUT2D eigenvalue weighted by Gasteiger charge is 2.44. The first-order valence-electron chi connectivity index (χ1n) is 10.4. The Hall–Kier alpha value is -3.48. The summed E-state index contributed by atoms with van der Waals surface area (Å²) in [5.74, 6) is -2.62. The number of ketones is 1. The van der Waals surface area contributed by atoms with E-state index in [-0.39, 0.29) is 27.6 Å². The number of nitrogens with zero attached hydrogens (tertiary/aromatic N) is 1.